The van der Waals surface area contributed by atoms with Gasteiger partial charge in [-0.2, -0.15) is 0 Å². The molecule has 0 spiro atoms. The standard InChI is InChI=1S/C31H41ClN2O4/c1-29(2,3)17-16-21-10-13-23(19-26(21)32)31(7)24(9-8-18-38-30(4,5)6)20-34(28(37)33-31)25-14-11-22(12-15-25)27(35)36/h10-15,19-20H,8-9,16-18H2,1-7H3,(H,33,37)(H,35,36)/t31-/m0/s1. The summed E-state index contributed by atoms with van der Waals surface area (Å²) in [6.45, 7) is 15.3. The number of carbonyl (C=O) groups is 2. The normalized spacial score (nSPS) is 18.3. The minimum atomic E-state index is -1.01. The van der Waals surface area contributed by atoms with Crippen LogP contribution in [0.5, 0.6) is 0 Å². The SMILES string of the molecule is CC(C)(C)CCc1ccc([C@]2(C)NC(=O)N(c3ccc(C(=O)O)cc3)C=C2CCCOC(C)(C)C)cc1Cl. The highest BCUT2D eigenvalue weighted by Crippen LogP contribution is 2.38. The van der Waals surface area contributed by atoms with E-state index in [4.69, 9.17) is 16.3 Å². The molecule has 2 amide bonds. The third kappa shape index (κ3) is 7.61. The molecule has 1 aliphatic rings. The Hall–Kier alpha value is -2.83. The van der Waals surface area contributed by atoms with E-state index in [1.807, 2.05) is 40.0 Å². The van der Waals surface area contributed by atoms with Gasteiger partial charge in [-0.05, 0) is 106 Å². The number of hydrogen-bond acceptors (Lipinski definition) is 3. The first-order valence-electron chi connectivity index (χ1n) is 13.2. The minimum Gasteiger partial charge on any atom is -0.478 e. The molecule has 7 heteroatoms. The van der Waals surface area contributed by atoms with Crippen LogP contribution in [0.2, 0.25) is 5.02 Å². The largest absolute Gasteiger partial charge is 0.478 e. The number of nitrogens with zero attached hydrogens (tertiary/aromatic N) is 1. The van der Waals surface area contributed by atoms with Crippen molar-refractivity contribution >= 4 is 29.3 Å². The van der Waals surface area contributed by atoms with Crippen molar-refractivity contribution in [2.24, 2.45) is 5.41 Å². The lowest BCUT2D eigenvalue weighted by atomic mass is 9.80. The average Bonchev–Trinajstić information content (AvgIpc) is 2.81. The maximum atomic E-state index is 13.4. The molecule has 2 aromatic carbocycles. The lowest BCUT2D eigenvalue weighted by Gasteiger charge is -2.41. The van der Waals surface area contributed by atoms with Gasteiger partial charge in [0.2, 0.25) is 0 Å². The summed E-state index contributed by atoms with van der Waals surface area (Å²) in [7, 11) is 0. The number of benzene rings is 2. The zero-order chi connectivity index (χ0) is 28.3. The molecule has 6 nitrogen and oxygen atoms in total. The molecular weight excluding hydrogens is 500 g/mol. The molecule has 2 aromatic rings. The van der Waals surface area contributed by atoms with Crippen LogP contribution < -0.4 is 10.2 Å². The fraction of sp³-hybridized carbons (Fsp3) is 0.484. The number of rotatable bonds is 9. The molecule has 0 saturated heterocycles. The second-order valence-electron chi connectivity index (χ2n) is 12.4. The van der Waals surface area contributed by atoms with Crippen LogP contribution in [0, 0.1) is 5.41 Å². The van der Waals surface area contributed by atoms with Crippen LogP contribution in [-0.2, 0) is 16.7 Å². The summed E-state index contributed by atoms with van der Waals surface area (Å²) >= 11 is 6.75. The van der Waals surface area contributed by atoms with E-state index in [9.17, 15) is 14.7 Å². The number of hydrogen-bond donors (Lipinski definition) is 2. The third-order valence-corrected chi connectivity index (χ3v) is 7.15. The number of aromatic carboxylic acids is 1. The number of carboxylic acids is 1. The van der Waals surface area contributed by atoms with Gasteiger partial charge in [0.25, 0.3) is 0 Å². The second-order valence-corrected chi connectivity index (χ2v) is 12.8. The summed E-state index contributed by atoms with van der Waals surface area (Å²) in [6, 6.07) is 12.1. The topological polar surface area (TPSA) is 78.9 Å². The van der Waals surface area contributed by atoms with E-state index in [2.05, 4.69) is 38.2 Å². The van der Waals surface area contributed by atoms with E-state index in [0.29, 0.717) is 23.7 Å². The summed E-state index contributed by atoms with van der Waals surface area (Å²) in [5.74, 6) is -1.01. The number of carbonyl (C=O) groups excluding carboxylic acids is 1. The Balaban J connectivity index is 1.95. The molecule has 38 heavy (non-hydrogen) atoms. The lowest BCUT2D eigenvalue weighted by molar-refractivity contribution is -0.00409. The highest BCUT2D eigenvalue weighted by molar-refractivity contribution is 6.31. The molecule has 0 radical (unpaired) electrons. The monoisotopic (exact) mass is 540 g/mol. The van der Waals surface area contributed by atoms with Gasteiger partial charge < -0.3 is 15.2 Å². The Labute approximate surface area is 232 Å². The van der Waals surface area contributed by atoms with Crippen molar-refractivity contribution in [2.75, 3.05) is 11.5 Å². The van der Waals surface area contributed by atoms with Crippen LogP contribution in [0.4, 0.5) is 10.5 Å². The molecule has 0 bridgehead atoms. The van der Waals surface area contributed by atoms with Crippen molar-refractivity contribution in [1.29, 1.82) is 0 Å². The number of anilines is 1. The van der Waals surface area contributed by atoms with Gasteiger partial charge in [0.15, 0.2) is 0 Å². The van der Waals surface area contributed by atoms with Crippen LogP contribution >= 0.6 is 11.6 Å². The van der Waals surface area contributed by atoms with Crippen LogP contribution in [0.15, 0.2) is 54.2 Å². The molecule has 0 unspecified atom stereocenters. The van der Waals surface area contributed by atoms with Gasteiger partial charge in [-0.25, -0.2) is 9.59 Å². The molecule has 206 valence electrons. The van der Waals surface area contributed by atoms with Gasteiger partial charge in [-0.15, -0.1) is 0 Å². The molecule has 2 N–H and O–H groups in total. The van der Waals surface area contributed by atoms with E-state index in [1.54, 1.807) is 12.1 Å². The summed E-state index contributed by atoms with van der Waals surface area (Å²) in [5, 5.41) is 13.1. The number of halogens is 1. The molecule has 0 aromatic heterocycles. The first-order valence-corrected chi connectivity index (χ1v) is 13.6. The summed E-state index contributed by atoms with van der Waals surface area (Å²) in [6.07, 6.45) is 5.25. The predicted octanol–water partition coefficient (Wildman–Crippen LogP) is 7.94. The summed E-state index contributed by atoms with van der Waals surface area (Å²) < 4.78 is 5.95. The predicted molar refractivity (Wildman–Crippen MR) is 154 cm³/mol. The van der Waals surface area contributed by atoms with Gasteiger partial charge >= 0.3 is 12.0 Å². The molecule has 0 saturated carbocycles. The molecular formula is C31H41ClN2O4. The van der Waals surface area contributed by atoms with Crippen molar-refractivity contribution in [3.8, 4) is 0 Å². The molecule has 1 atom stereocenters. The Morgan fingerprint density at radius 1 is 1.05 bits per heavy atom. The Kier molecular flexibility index (Phi) is 9.00. The number of amides is 2. The molecule has 0 fully saturated rings. The van der Waals surface area contributed by atoms with E-state index in [0.717, 1.165) is 36.0 Å². The van der Waals surface area contributed by atoms with Crippen LogP contribution in [0.3, 0.4) is 0 Å². The van der Waals surface area contributed by atoms with E-state index in [-0.39, 0.29) is 22.6 Å². The van der Waals surface area contributed by atoms with Crippen molar-refractivity contribution in [3.63, 3.8) is 0 Å². The average molecular weight is 541 g/mol. The van der Waals surface area contributed by atoms with Gasteiger partial charge in [0.1, 0.15) is 0 Å². The van der Waals surface area contributed by atoms with Crippen molar-refractivity contribution in [1.82, 2.24) is 5.32 Å². The quantitative estimate of drug-likeness (QED) is 0.316. The number of carboxylic acid groups (broad SMARTS) is 1. The van der Waals surface area contributed by atoms with Gasteiger partial charge in [-0.3, -0.25) is 4.90 Å². The van der Waals surface area contributed by atoms with Crippen LogP contribution in [0.1, 0.15) is 89.2 Å². The maximum Gasteiger partial charge on any atom is 0.335 e. The van der Waals surface area contributed by atoms with Crippen molar-refractivity contribution in [3.05, 3.63) is 76.0 Å². The third-order valence-electron chi connectivity index (χ3n) is 6.80. The van der Waals surface area contributed by atoms with Gasteiger partial charge in [0.05, 0.1) is 22.4 Å². The summed E-state index contributed by atoms with van der Waals surface area (Å²) in [4.78, 5) is 26.2. The van der Waals surface area contributed by atoms with Crippen LogP contribution in [-0.4, -0.2) is 29.3 Å². The maximum absolute atomic E-state index is 13.4. The Morgan fingerprint density at radius 3 is 2.26 bits per heavy atom. The fourth-order valence-electron chi connectivity index (χ4n) is 4.44. The number of urea groups is 1. The summed E-state index contributed by atoms with van der Waals surface area (Å²) in [5.41, 5.74) is 3.00. The van der Waals surface area contributed by atoms with Crippen molar-refractivity contribution < 1.29 is 19.4 Å². The minimum absolute atomic E-state index is 0.167. The molecule has 1 aliphatic heterocycles. The fourth-order valence-corrected chi connectivity index (χ4v) is 4.71. The van der Waals surface area contributed by atoms with Crippen molar-refractivity contribution in [2.45, 2.75) is 85.3 Å². The zero-order valence-electron chi connectivity index (χ0n) is 23.7. The zero-order valence-corrected chi connectivity index (χ0v) is 24.4. The second kappa shape index (κ2) is 11.5. The Bertz CT molecular complexity index is 1190. The first kappa shape index (κ1) is 29.7. The van der Waals surface area contributed by atoms with E-state index < -0.39 is 11.5 Å². The molecule has 0 aliphatic carbocycles. The number of nitrogens with one attached hydrogen (secondary N) is 1. The van der Waals surface area contributed by atoms with Gasteiger partial charge in [-0.1, -0.05) is 44.5 Å². The van der Waals surface area contributed by atoms with Crippen LogP contribution in [0.25, 0.3) is 0 Å². The Morgan fingerprint density at radius 2 is 1.71 bits per heavy atom. The number of aryl methyl sites for hydroxylation is 1. The smallest absolute Gasteiger partial charge is 0.335 e. The first-order chi connectivity index (χ1) is 17.6. The van der Waals surface area contributed by atoms with E-state index in [1.165, 1.54) is 17.0 Å². The molecule has 1 heterocycles. The number of ether oxygens (including phenoxy) is 1. The lowest BCUT2D eigenvalue weighted by Crippen LogP contribution is -2.54. The van der Waals surface area contributed by atoms with Gasteiger partial charge in [0, 0.05) is 17.8 Å². The highest BCUT2D eigenvalue weighted by Gasteiger charge is 2.39. The highest BCUT2D eigenvalue weighted by atomic mass is 35.5. The van der Waals surface area contributed by atoms with E-state index >= 15 is 0 Å². The molecule has 3 rings (SSSR count).